The van der Waals surface area contributed by atoms with Gasteiger partial charge in [-0.2, -0.15) is 0 Å². The third kappa shape index (κ3) is 5.97. The molecule has 1 aliphatic rings. The first kappa shape index (κ1) is 27.3. The van der Waals surface area contributed by atoms with Crippen LogP contribution in [0.4, 0.5) is 11.4 Å². The van der Waals surface area contributed by atoms with Crippen molar-refractivity contribution in [2.75, 3.05) is 41.9 Å². The molecule has 0 saturated carbocycles. The van der Waals surface area contributed by atoms with Gasteiger partial charge in [0.1, 0.15) is 18.0 Å². The number of anilines is 2. The zero-order valence-electron chi connectivity index (χ0n) is 22.7. The third-order valence-corrected chi connectivity index (χ3v) is 9.05. The fourth-order valence-corrected chi connectivity index (χ4v) is 6.27. The molecule has 5 rings (SSSR count). The van der Waals surface area contributed by atoms with Gasteiger partial charge in [-0.15, -0.1) is 0 Å². The number of carbonyl (C=O) groups is 1. The van der Waals surface area contributed by atoms with Crippen molar-refractivity contribution in [1.82, 2.24) is 4.90 Å². The highest BCUT2D eigenvalue weighted by Gasteiger charge is 2.30. The summed E-state index contributed by atoms with van der Waals surface area (Å²) < 4.78 is 34.6. The Morgan fingerprint density at radius 1 is 0.750 bits per heavy atom. The van der Waals surface area contributed by atoms with Gasteiger partial charge in [-0.3, -0.25) is 9.10 Å². The van der Waals surface area contributed by atoms with E-state index in [0.717, 1.165) is 0 Å². The first-order valence-electron chi connectivity index (χ1n) is 13.3. The number of piperazine rings is 1. The van der Waals surface area contributed by atoms with Gasteiger partial charge in [-0.1, -0.05) is 48.5 Å². The minimum absolute atomic E-state index is 0.132. The Morgan fingerprint density at radius 3 is 2.00 bits per heavy atom. The summed E-state index contributed by atoms with van der Waals surface area (Å²) in [5.74, 6) is 1.02. The molecule has 0 unspecified atom stereocenters. The molecule has 4 aromatic carbocycles. The van der Waals surface area contributed by atoms with E-state index in [0.29, 0.717) is 43.4 Å². The van der Waals surface area contributed by atoms with Gasteiger partial charge in [0.25, 0.3) is 10.0 Å². The third-order valence-electron chi connectivity index (χ3n) is 7.26. The van der Waals surface area contributed by atoms with E-state index in [2.05, 4.69) is 36.9 Å². The van der Waals surface area contributed by atoms with E-state index in [-0.39, 0.29) is 17.3 Å². The van der Waals surface area contributed by atoms with Crippen LogP contribution >= 0.6 is 0 Å². The highest BCUT2D eigenvalue weighted by Crippen LogP contribution is 2.29. The quantitative estimate of drug-likeness (QED) is 0.282. The number of hydrogen-bond donors (Lipinski definition) is 0. The predicted octanol–water partition coefficient (Wildman–Crippen LogP) is 5.64. The van der Waals surface area contributed by atoms with Crippen molar-refractivity contribution < 1.29 is 17.9 Å². The summed E-state index contributed by atoms with van der Waals surface area (Å²) in [6, 6.07) is 30.6. The molecule has 0 atom stereocenters. The van der Waals surface area contributed by atoms with Crippen LogP contribution in [0.2, 0.25) is 0 Å². The maximum atomic E-state index is 13.7. The number of amides is 1. The van der Waals surface area contributed by atoms with Crippen molar-refractivity contribution in [2.24, 2.45) is 0 Å². The van der Waals surface area contributed by atoms with Gasteiger partial charge in [0.05, 0.1) is 10.6 Å². The topological polar surface area (TPSA) is 70.2 Å². The number of sulfonamides is 1. The number of carbonyl (C=O) groups excluding carboxylic acids is 1. The van der Waals surface area contributed by atoms with Crippen molar-refractivity contribution in [3.8, 4) is 11.5 Å². The van der Waals surface area contributed by atoms with E-state index in [1.165, 1.54) is 21.1 Å². The second-order valence-electron chi connectivity index (χ2n) is 9.82. The van der Waals surface area contributed by atoms with Crippen LogP contribution in [0.5, 0.6) is 11.5 Å². The van der Waals surface area contributed by atoms with E-state index in [1.807, 2.05) is 30.3 Å². The van der Waals surface area contributed by atoms with Crippen molar-refractivity contribution in [3.05, 3.63) is 114 Å². The zero-order valence-corrected chi connectivity index (χ0v) is 23.5. The van der Waals surface area contributed by atoms with Gasteiger partial charge >= 0.3 is 0 Å². The van der Waals surface area contributed by atoms with Crippen LogP contribution in [0.15, 0.2) is 108 Å². The molecule has 0 spiro atoms. The lowest BCUT2D eigenvalue weighted by molar-refractivity contribution is -0.129. The van der Waals surface area contributed by atoms with Crippen LogP contribution in [0.1, 0.15) is 11.1 Å². The first-order valence-corrected chi connectivity index (χ1v) is 14.8. The normalized spacial score (nSPS) is 13.7. The number of benzene rings is 4. The van der Waals surface area contributed by atoms with Crippen LogP contribution < -0.4 is 13.9 Å². The van der Waals surface area contributed by atoms with Gasteiger partial charge in [-0.25, -0.2) is 8.42 Å². The first-order chi connectivity index (χ1) is 19.3. The van der Waals surface area contributed by atoms with Gasteiger partial charge in [0.15, 0.2) is 0 Å². The molecule has 7 nitrogen and oxygen atoms in total. The summed E-state index contributed by atoms with van der Waals surface area (Å²) in [6.45, 7) is 6.34. The molecule has 0 aromatic heterocycles. The summed E-state index contributed by atoms with van der Waals surface area (Å²) in [5.41, 5.74) is 4.05. The second-order valence-corrected chi connectivity index (χ2v) is 11.7. The summed E-state index contributed by atoms with van der Waals surface area (Å²) in [7, 11) is -3.99. The molecule has 1 saturated heterocycles. The number of ether oxygens (including phenoxy) is 1. The lowest BCUT2D eigenvalue weighted by Gasteiger charge is -2.38. The number of nitrogens with zero attached hydrogens (tertiary/aromatic N) is 3. The Labute approximate surface area is 236 Å². The van der Waals surface area contributed by atoms with Gasteiger partial charge in [-0.05, 0) is 79.6 Å². The van der Waals surface area contributed by atoms with Crippen LogP contribution in [-0.2, 0) is 14.8 Å². The van der Waals surface area contributed by atoms with Crippen LogP contribution in [0.25, 0.3) is 0 Å². The van der Waals surface area contributed by atoms with Gasteiger partial charge < -0.3 is 14.5 Å². The number of para-hydroxylation sites is 1. The summed E-state index contributed by atoms with van der Waals surface area (Å²) in [6.07, 6.45) is 0. The predicted molar refractivity (Wildman–Crippen MR) is 159 cm³/mol. The molecular formula is C32H33N3O4S. The second kappa shape index (κ2) is 11.8. The standard InChI is InChI=1S/C32H33N3O4S/c1-25-10-9-15-31(26(25)2)33-20-22-34(23-21-33)32(36)24-35(40(37,38)30-13-7-4-8-14-30)27-16-18-29(19-17-27)39-28-11-5-3-6-12-28/h3-19H,20-24H2,1-2H3. The molecule has 206 valence electrons. The van der Waals surface area contributed by atoms with Crippen molar-refractivity contribution in [1.29, 1.82) is 0 Å². The maximum absolute atomic E-state index is 13.7. The van der Waals surface area contributed by atoms with E-state index in [1.54, 1.807) is 59.5 Å². The molecule has 8 heteroatoms. The maximum Gasteiger partial charge on any atom is 0.264 e. The molecule has 1 heterocycles. The van der Waals surface area contributed by atoms with Crippen molar-refractivity contribution in [3.63, 3.8) is 0 Å². The van der Waals surface area contributed by atoms with E-state index in [9.17, 15) is 13.2 Å². The molecular weight excluding hydrogens is 522 g/mol. The minimum Gasteiger partial charge on any atom is -0.457 e. The largest absolute Gasteiger partial charge is 0.457 e. The molecule has 0 N–H and O–H groups in total. The molecule has 1 aliphatic heterocycles. The molecule has 40 heavy (non-hydrogen) atoms. The highest BCUT2D eigenvalue weighted by atomic mass is 32.2. The fraction of sp³-hybridized carbons (Fsp3) is 0.219. The van der Waals surface area contributed by atoms with Crippen LogP contribution in [-0.4, -0.2) is 51.9 Å². The molecule has 0 bridgehead atoms. The fourth-order valence-electron chi connectivity index (χ4n) is 4.84. The van der Waals surface area contributed by atoms with Gasteiger partial charge in [0.2, 0.25) is 5.91 Å². The SMILES string of the molecule is Cc1cccc(N2CCN(C(=O)CN(c3ccc(Oc4ccccc4)cc3)S(=O)(=O)c3ccccc3)CC2)c1C. The minimum atomic E-state index is -3.99. The number of hydrogen-bond acceptors (Lipinski definition) is 5. The summed E-state index contributed by atoms with van der Waals surface area (Å²) >= 11 is 0. The molecule has 4 aromatic rings. The summed E-state index contributed by atoms with van der Waals surface area (Å²) in [5, 5.41) is 0. The lowest BCUT2D eigenvalue weighted by Crippen LogP contribution is -2.52. The van der Waals surface area contributed by atoms with Crippen LogP contribution in [0.3, 0.4) is 0 Å². The zero-order chi connectivity index (χ0) is 28.1. The van der Waals surface area contributed by atoms with Crippen molar-refractivity contribution in [2.45, 2.75) is 18.7 Å². The molecule has 1 amide bonds. The number of aryl methyl sites for hydroxylation is 1. The Kier molecular flexibility index (Phi) is 8.07. The molecule has 1 fully saturated rings. The van der Waals surface area contributed by atoms with Crippen molar-refractivity contribution >= 4 is 27.3 Å². The molecule has 0 radical (unpaired) electrons. The Balaban J connectivity index is 1.34. The van der Waals surface area contributed by atoms with E-state index in [4.69, 9.17) is 4.74 Å². The Hall–Kier alpha value is -4.30. The average molecular weight is 556 g/mol. The average Bonchev–Trinajstić information content (AvgIpc) is 2.99. The van der Waals surface area contributed by atoms with Crippen LogP contribution in [0, 0.1) is 13.8 Å². The number of rotatable bonds is 8. The van der Waals surface area contributed by atoms with E-state index < -0.39 is 10.0 Å². The highest BCUT2D eigenvalue weighted by molar-refractivity contribution is 7.92. The Bertz CT molecular complexity index is 1550. The lowest BCUT2D eigenvalue weighted by atomic mass is 10.1. The smallest absolute Gasteiger partial charge is 0.264 e. The van der Waals surface area contributed by atoms with Gasteiger partial charge in [0, 0.05) is 31.9 Å². The monoisotopic (exact) mass is 555 g/mol. The molecule has 0 aliphatic carbocycles. The Morgan fingerprint density at radius 2 is 1.35 bits per heavy atom. The summed E-state index contributed by atoms with van der Waals surface area (Å²) in [4.78, 5) is 17.7. The van der Waals surface area contributed by atoms with E-state index >= 15 is 0 Å².